The fourth-order valence-corrected chi connectivity index (χ4v) is 3.76. The number of pyridine rings is 1. The standard InChI is InChI=1S/C17H18N4O4S/c1-11-17(12(2)25-20-11)26(22,23)21-16-9-6-14(10-18-16)19-13-4-7-15(24-3)8-5-13/h4-10,19H,1-3H3,(H,18,21). The largest absolute Gasteiger partial charge is 0.497 e. The van der Waals surface area contributed by atoms with Crippen molar-refractivity contribution in [1.82, 2.24) is 10.1 Å². The summed E-state index contributed by atoms with van der Waals surface area (Å²) in [4.78, 5) is 4.16. The highest BCUT2D eigenvalue weighted by Gasteiger charge is 2.24. The lowest BCUT2D eigenvalue weighted by Gasteiger charge is -2.09. The number of benzene rings is 1. The average Bonchev–Trinajstić information content (AvgIpc) is 2.96. The Morgan fingerprint density at radius 1 is 1.04 bits per heavy atom. The summed E-state index contributed by atoms with van der Waals surface area (Å²) in [5, 5.41) is 6.83. The summed E-state index contributed by atoms with van der Waals surface area (Å²) in [5.41, 5.74) is 1.87. The van der Waals surface area contributed by atoms with Gasteiger partial charge in [-0.25, -0.2) is 13.4 Å². The molecule has 0 saturated heterocycles. The van der Waals surface area contributed by atoms with E-state index in [0.717, 1.165) is 17.1 Å². The topological polar surface area (TPSA) is 106 Å². The van der Waals surface area contributed by atoms with Gasteiger partial charge in [-0.1, -0.05) is 5.16 Å². The summed E-state index contributed by atoms with van der Waals surface area (Å²) < 4.78 is 37.4. The molecule has 0 radical (unpaired) electrons. The summed E-state index contributed by atoms with van der Waals surface area (Å²) in [6, 6.07) is 10.7. The van der Waals surface area contributed by atoms with E-state index in [1.54, 1.807) is 33.1 Å². The van der Waals surface area contributed by atoms with Crippen molar-refractivity contribution >= 4 is 27.2 Å². The van der Waals surface area contributed by atoms with Crippen LogP contribution >= 0.6 is 0 Å². The Morgan fingerprint density at radius 2 is 1.73 bits per heavy atom. The zero-order chi connectivity index (χ0) is 18.7. The van der Waals surface area contributed by atoms with Crippen LogP contribution in [0.1, 0.15) is 11.5 Å². The Bertz CT molecular complexity index is 977. The molecule has 0 fully saturated rings. The Balaban J connectivity index is 1.73. The van der Waals surface area contributed by atoms with Crippen LogP contribution in [0.4, 0.5) is 17.2 Å². The van der Waals surface area contributed by atoms with Crippen LogP contribution in [-0.2, 0) is 10.0 Å². The predicted molar refractivity (Wildman–Crippen MR) is 97.3 cm³/mol. The number of hydrogen-bond acceptors (Lipinski definition) is 7. The van der Waals surface area contributed by atoms with Gasteiger partial charge < -0.3 is 14.6 Å². The third-order valence-electron chi connectivity index (χ3n) is 3.62. The summed E-state index contributed by atoms with van der Waals surface area (Å²) in [7, 11) is -2.21. The fraction of sp³-hybridized carbons (Fsp3) is 0.176. The van der Waals surface area contributed by atoms with Gasteiger partial charge in [-0.15, -0.1) is 0 Å². The molecule has 0 atom stereocenters. The molecule has 3 aromatic rings. The molecule has 0 spiro atoms. The van der Waals surface area contributed by atoms with E-state index in [4.69, 9.17) is 9.26 Å². The number of methoxy groups -OCH3 is 1. The van der Waals surface area contributed by atoms with Crippen LogP contribution in [0, 0.1) is 13.8 Å². The number of ether oxygens (including phenoxy) is 1. The lowest BCUT2D eigenvalue weighted by Crippen LogP contribution is -2.15. The number of aryl methyl sites for hydroxylation is 2. The third kappa shape index (κ3) is 3.77. The molecule has 2 aromatic heterocycles. The molecule has 0 bridgehead atoms. The van der Waals surface area contributed by atoms with E-state index in [0.29, 0.717) is 5.69 Å². The fourth-order valence-electron chi connectivity index (χ4n) is 2.42. The SMILES string of the molecule is COc1ccc(Nc2ccc(NS(=O)(=O)c3c(C)noc3C)nc2)cc1. The van der Waals surface area contributed by atoms with Crippen LogP contribution in [0.2, 0.25) is 0 Å². The van der Waals surface area contributed by atoms with Crippen molar-refractivity contribution in [1.29, 1.82) is 0 Å². The second-order valence-electron chi connectivity index (χ2n) is 5.54. The maximum atomic E-state index is 12.5. The van der Waals surface area contributed by atoms with Gasteiger partial charge in [0.05, 0.1) is 19.0 Å². The van der Waals surface area contributed by atoms with E-state index in [9.17, 15) is 8.42 Å². The molecule has 3 rings (SSSR count). The number of sulfonamides is 1. The smallest absolute Gasteiger partial charge is 0.268 e. The minimum Gasteiger partial charge on any atom is -0.497 e. The molecule has 8 nitrogen and oxygen atoms in total. The minimum absolute atomic E-state index is 0.0275. The Morgan fingerprint density at radius 3 is 2.27 bits per heavy atom. The molecule has 0 amide bonds. The van der Waals surface area contributed by atoms with Crippen molar-refractivity contribution in [3.8, 4) is 5.75 Å². The van der Waals surface area contributed by atoms with Gasteiger partial charge in [0.1, 0.15) is 17.3 Å². The quantitative estimate of drug-likeness (QED) is 0.682. The maximum Gasteiger partial charge on any atom is 0.268 e. The molecule has 0 aliphatic carbocycles. The molecule has 0 unspecified atom stereocenters. The monoisotopic (exact) mass is 374 g/mol. The number of aromatic nitrogens is 2. The highest BCUT2D eigenvalue weighted by molar-refractivity contribution is 7.92. The molecule has 0 saturated carbocycles. The van der Waals surface area contributed by atoms with Gasteiger partial charge in [-0.3, -0.25) is 4.72 Å². The van der Waals surface area contributed by atoms with Gasteiger partial charge >= 0.3 is 0 Å². The maximum absolute atomic E-state index is 12.5. The van der Waals surface area contributed by atoms with Gasteiger partial charge in [-0.05, 0) is 50.2 Å². The first kappa shape index (κ1) is 17.7. The summed E-state index contributed by atoms with van der Waals surface area (Å²) in [6.45, 7) is 3.12. The van der Waals surface area contributed by atoms with Crippen LogP contribution in [0.3, 0.4) is 0 Å². The second kappa shape index (κ2) is 7.04. The number of nitrogens with zero attached hydrogens (tertiary/aromatic N) is 2. The highest BCUT2D eigenvalue weighted by Crippen LogP contribution is 2.23. The van der Waals surface area contributed by atoms with Crippen LogP contribution in [0.25, 0.3) is 0 Å². The Kier molecular flexibility index (Phi) is 4.81. The third-order valence-corrected chi connectivity index (χ3v) is 5.22. The molecule has 26 heavy (non-hydrogen) atoms. The van der Waals surface area contributed by atoms with Crippen molar-refractivity contribution < 1.29 is 17.7 Å². The van der Waals surface area contributed by atoms with E-state index < -0.39 is 10.0 Å². The first-order chi connectivity index (χ1) is 12.4. The average molecular weight is 374 g/mol. The molecule has 136 valence electrons. The number of hydrogen-bond donors (Lipinski definition) is 2. The highest BCUT2D eigenvalue weighted by atomic mass is 32.2. The molecular formula is C17H18N4O4S. The van der Waals surface area contributed by atoms with Gasteiger partial charge in [0.15, 0.2) is 10.7 Å². The van der Waals surface area contributed by atoms with Gasteiger partial charge in [-0.2, -0.15) is 0 Å². The molecule has 9 heteroatoms. The molecule has 2 heterocycles. The summed E-state index contributed by atoms with van der Waals surface area (Å²) in [5.74, 6) is 1.19. The number of anilines is 3. The van der Waals surface area contributed by atoms with Crippen molar-refractivity contribution in [3.05, 3.63) is 54.0 Å². The van der Waals surface area contributed by atoms with Crippen molar-refractivity contribution in [2.75, 3.05) is 17.1 Å². The first-order valence-electron chi connectivity index (χ1n) is 7.72. The number of rotatable bonds is 6. The van der Waals surface area contributed by atoms with Gasteiger partial charge in [0.25, 0.3) is 10.0 Å². The molecule has 0 aliphatic rings. The zero-order valence-corrected chi connectivity index (χ0v) is 15.3. The van der Waals surface area contributed by atoms with E-state index in [2.05, 4.69) is 20.2 Å². The zero-order valence-electron chi connectivity index (χ0n) is 14.5. The molecule has 1 aromatic carbocycles. The lowest BCUT2D eigenvalue weighted by molar-refractivity contribution is 0.390. The molecular weight excluding hydrogens is 356 g/mol. The van der Waals surface area contributed by atoms with Crippen molar-refractivity contribution in [2.24, 2.45) is 0 Å². The summed E-state index contributed by atoms with van der Waals surface area (Å²) >= 11 is 0. The summed E-state index contributed by atoms with van der Waals surface area (Å²) in [6.07, 6.45) is 1.54. The van der Waals surface area contributed by atoms with E-state index in [1.807, 2.05) is 24.3 Å². The minimum atomic E-state index is -3.81. The normalized spacial score (nSPS) is 11.2. The van der Waals surface area contributed by atoms with Crippen molar-refractivity contribution in [2.45, 2.75) is 18.7 Å². The van der Waals surface area contributed by atoms with Gasteiger partial charge in [0.2, 0.25) is 0 Å². The Labute approximate surface area is 151 Å². The molecule has 0 aliphatic heterocycles. The van der Waals surface area contributed by atoms with E-state index in [1.165, 1.54) is 6.20 Å². The molecule has 2 N–H and O–H groups in total. The van der Waals surface area contributed by atoms with E-state index in [-0.39, 0.29) is 16.5 Å². The van der Waals surface area contributed by atoms with E-state index >= 15 is 0 Å². The van der Waals surface area contributed by atoms with Gasteiger partial charge in [0, 0.05) is 5.69 Å². The number of nitrogens with one attached hydrogen (secondary N) is 2. The first-order valence-corrected chi connectivity index (χ1v) is 9.20. The van der Waals surface area contributed by atoms with Crippen LogP contribution < -0.4 is 14.8 Å². The van der Waals surface area contributed by atoms with Crippen LogP contribution in [0.15, 0.2) is 52.0 Å². The lowest BCUT2D eigenvalue weighted by atomic mass is 10.3. The van der Waals surface area contributed by atoms with Crippen molar-refractivity contribution in [3.63, 3.8) is 0 Å². The second-order valence-corrected chi connectivity index (χ2v) is 7.16. The van der Waals surface area contributed by atoms with Crippen LogP contribution in [0.5, 0.6) is 5.75 Å². The van der Waals surface area contributed by atoms with Crippen LogP contribution in [-0.4, -0.2) is 25.7 Å². The predicted octanol–water partition coefficient (Wildman–Crippen LogP) is 3.24. The Hall–Kier alpha value is -3.07.